The summed E-state index contributed by atoms with van der Waals surface area (Å²) < 4.78 is 9.88. The Balaban J connectivity index is 3.80. The van der Waals surface area contributed by atoms with Crippen LogP contribution in [0.4, 0.5) is 0 Å². The molecule has 0 N–H and O–H groups in total. The summed E-state index contributed by atoms with van der Waals surface area (Å²) in [7, 11) is 1.44. The van der Waals surface area contributed by atoms with Crippen molar-refractivity contribution < 1.29 is 24.0 Å². The van der Waals surface area contributed by atoms with Crippen LogP contribution in [0.25, 0.3) is 0 Å². The molecule has 0 aliphatic heterocycles. The van der Waals surface area contributed by atoms with Gasteiger partial charge in [-0.3, -0.25) is 0 Å². The third-order valence-electron chi connectivity index (χ3n) is 1.64. The first-order valence-electron chi connectivity index (χ1n) is 5.12. The van der Waals surface area contributed by atoms with E-state index in [1.54, 1.807) is 0 Å². The summed E-state index contributed by atoms with van der Waals surface area (Å²) in [5.74, 6) is -0.432. The Morgan fingerprint density at radius 3 is 2.56 bits per heavy atom. The van der Waals surface area contributed by atoms with Crippen LogP contribution in [0.3, 0.4) is 0 Å². The van der Waals surface area contributed by atoms with Crippen LogP contribution in [0, 0.1) is 5.41 Å². The highest BCUT2D eigenvalue weighted by Crippen LogP contribution is 2.15. The van der Waals surface area contributed by atoms with Gasteiger partial charge in [0.2, 0.25) is 0 Å². The van der Waals surface area contributed by atoms with Gasteiger partial charge >= 0.3 is 5.97 Å². The van der Waals surface area contributed by atoms with E-state index in [1.165, 1.54) is 19.4 Å². The maximum atomic E-state index is 11.2. The van der Waals surface area contributed by atoms with Gasteiger partial charge in [-0.2, -0.15) is 0 Å². The van der Waals surface area contributed by atoms with Crippen LogP contribution in [0.1, 0.15) is 20.8 Å². The molecule has 0 radical (unpaired) electrons. The molecule has 16 heavy (non-hydrogen) atoms. The molecule has 0 bridgehead atoms. The molecule has 0 heterocycles. The summed E-state index contributed by atoms with van der Waals surface area (Å²) in [5, 5.41) is 0. The first-order chi connectivity index (χ1) is 7.52. The third kappa shape index (κ3) is 8.26. The van der Waals surface area contributed by atoms with Crippen LogP contribution in [0.2, 0.25) is 0 Å². The minimum absolute atomic E-state index is 0.256. The van der Waals surface area contributed by atoms with E-state index < -0.39 is 5.97 Å². The first-order valence-corrected chi connectivity index (χ1v) is 5.12. The summed E-state index contributed by atoms with van der Waals surface area (Å²) in [6.45, 7) is 6.78. The van der Waals surface area contributed by atoms with Crippen molar-refractivity contribution in [2.45, 2.75) is 20.8 Å². The second-order valence-electron chi connectivity index (χ2n) is 3.96. The number of hydrogen-bond donors (Lipinski definition) is 0. The van der Waals surface area contributed by atoms with Crippen LogP contribution < -0.4 is 0 Å². The van der Waals surface area contributed by atoms with Gasteiger partial charge in [0, 0.05) is 5.41 Å². The molecule has 0 aromatic rings. The normalized spacial score (nSPS) is 11.8. The van der Waals surface area contributed by atoms with E-state index in [0.717, 1.165) is 0 Å². The Kier molecular flexibility index (Phi) is 7.58. The molecule has 0 unspecified atom stereocenters. The molecule has 0 spiro atoms. The lowest BCUT2D eigenvalue weighted by atomic mass is 9.97. The molecule has 0 rings (SSSR count). The Bertz CT molecular complexity index is 222. The molecule has 0 saturated heterocycles. The van der Waals surface area contributed by atoms with Crippen LogP contribution >= 0.6 is 0 Å². The molecule has 0 amide bonds. The quantitative estimate of drug-likeness (QED) is 0.209. The highest BCUT2D eigenvalue weighted by molar-refractivity contribution is 5.81. The molecule has 5 nitrogen and oxygen atoms in total. The molecule has 0 aliphatic rings. The van der Waals surface area contributed by atoms with Crippen LogP contribution in [-0.2, 0) is 24.0 Å². The van der Waals surface area contributed by atoms with E-state index in [0.29, 0.717) is 13.2 Å². The summed E-state index contributed by atoms with van der Waals surface area (Å²) in [5.41, 5.74) is -0.287. The van der Waals surface area contributed by atoms with Gasteiger partial charge in [0.15, 0.2) is 0 Å². The van der Waals surface area contributed by atoms with Crippen molar-refractivity contribution >= 4 is 5.97 Å². The lowest BCUT2D eigenvalue weighted by Crippen LogP contribution is -2.26. The molecule has 5 heteroatoms. The lowest BCUT2D eigenvalue weighted by Gasteiger charge is -2.22. The van der Waals surface area contributed by atoms with Crippen molar-refractivity contribution in [2.75, 3.05) is 26.9 Å². The predicted octanol–water partition coefficient (Wildman–Crippen LogP) is 1.68. The van der Waals surface area contributed by atoms with Crippen molar-refractivity contribution in [3.8, 4) is 0 Å². The molecular formula is C11H20O5. The molecule has 0 aromatic carbocycles. The molecular weight excluding hydrogens is 212 g/mol. The van der Waals surface area contributed by atoms with E-state index in [-0.39, 0.29) is 12.0 Å². The second-order valence-corrected chi connectivity index (χ2v) is 3.96. The van der Waals surface area contributed by atoms with Gasteiger partial charge < -0.3 is 9.47 Å². The highest BCUT2D eigenvalue weighted by atomic mass is 17.2. The standard InChI is InChI=1S/C11H20O5/c1-5-14-7-6-10(12)15-8-11(2,3)9-16-13-4/h6-7H,5,8-9H2,1-4H3. The average Bonchev–Trinajstić information content (AvgIpc) is 2.24. The number of esters is 1. The SMILES string of the molecule is CCOC=CC(=O)OCC(C)(C)COOC. The predicted molar refractivity (Wildman–Crippen MR) is 58.5 cm³/mol. The van der Waals surface area contributed by atoms with Crippen molar-refractivity contribution in [2.24, 2.45) is 5.41 Å². The van der Waals surface area contributed by atoms with Crippen LogP contribution in [0.15, 0.2) is 12.3 Å². The van der Waals surface area contributed by atoms with Gasteiger partial charge in [-0.1, -0.05) is 13.8 Å². The number of ether oxygens (including phenoxy) is 2. The van der Waals surface area contributed by atoms with Gasteiger partial charge in [0.25, 0.3) is 0 Å². The average molecular weight is 232 g/mol. The zero-order chi connectivity index (χ0) is 12.4. The number of carbonyl (C=O) groups is 1. The molecule has 0 fully saturated rings. The van der Waals surface area contributed by atoms with Crippen molar-refractivity contribution in [3.63, 3.8) is 0 Å². The molecule has 94 valence electrons. The third-order valence-corrected chi connectivity index (χ3v) is 1.64. The molecule has 0 aromatic heterocycles. The van der Waals surface area contributed by atoms with E-state index in [9.17, 15) is 4.79 Å². The van der Waals surface area contributed by atoms with Gasteiger partial charge in [-0.05, 0) is 6.92 Å². The minimum Gasteiger partial charge on any atom is -0.501 e. The Morgan fingerprint density at radius 1 is 1.31 bits per heavy atom. The summed E-state index contributed by atoms with van der Waals surface area (Å²) in [6.07, 6.45) is 2.57. The maximum absolute atomic E-state index is 11.2. The van der Waals surface area contributed by atoms with Crippen molar-refractivity contribution in [1.82, 2.24) is 0 Å². The van der Waals surface area contributed by atoms with Gasteiger partial charge in [0.1, 0.15) is 0 Å². The van der Waals surface area contributed by atoms with Gasteiger partial charge in [0.05, 0.1) is 39.3 Å². The van der Waals surface area contributed by atoms with E-state index >= 15 is 0 Å². The maximum Gasteiger partial charge on any atom is 0.333 e. The topological polar surface area (TPSA) is 54.0 Å². The summed E-state index contributed by atoms with van der Waals surface area (Å²) in [6, 6.07) is 0. The summed E-state index contributed by atoms with van der Waals surface area (Å²) >= 11 is 0. The second kappa shape index (κ2) is 8.13. The number of hydrogen-bond acceptors (Lipinski definition) is 5. The smallest absolute Gasteiger partial charge is 0.333 e. The van der Waals surface area contributed by atoms with Crippen LogP contribution in [-0.4, -0.2) is 32.9 Å². The van der Waals surface area contributed by atoms with Crippen LogP contribution in [0.5, 0.6) is 0 Å². The minimum atomic E-state index is -0.432. The zero-order valence-corrected chi connectivity index (χ0v) is 10.3. The van der Waals surface area contributed by atoms with Crippen molar-refractivity contribution in [3.05, 3.63) is 12.3 Å². The van der Waals surface area contributed by atoms with Gasteiger partial charge in [-0.25, -0.2) is 14.6 Å². The number of carbonyl (C=O) groups excluding carboxylic acids is 1. The zero-order valence-electron chi connectivity index (χ0n) is 10.3. The van der Waals surface area contributed by atoms with E-state index in [1.807, 2.05) is 20.8 Å². The van der Waals surface area contributed by atoms with E-state index in [4.69, 9.17) is 14.4 Å². The fourth-order valence-corrected chi connectivity index (χ4v) is 0.775. The molecule has 0 saturated carbocycles. The Morgan fingerprint density at radius 2 is 2.00 bits per heavy atom. The fraction of sp³-hybridized carbons (Fsp3) is 0.727. The molecule has 0 atom stereocenters. The number of rotatable bonds is 8. The molecule has 0 aliphatic carbocycles. The lowest BCUT2D eigenvalue weighted by molar-refractivity contribution is -0.289. The Hall–Kier alpha value is -1.07. The highest BCUT2D eigenvalue weighted by Gasteiger charge is 2.20. The Labute approximate surface area is 96.2 Å². The first kappa shape index (κ1) is 14.9. The van der Waals surface area contributed by atoms with Gasteiger partial charge in [-0.15, -0.1) is 0 Å². The van der Waals surface area contributed by atoms with Crippen molar-refractivity contribution in [1.29, 1.82) is 0 Å². The fourth-order valence-electron chi connectivity index (χ4n) is 0.775. The largest absolute Gasteiger partial charge is 0.501 e. The summed E-state index contributed by atoms with van der Waals surface area (Å²) in [4.78, 5) is 20.5. The van der Waals surface area contributed by atoms with E-state index in [2.05, 4.69) is 4.89 Å². The monoisotopic (exact) mass is 232 g/mol.